The minimum Gasteiger partial charge on any atom is -0.493 e. The van der Waals surface area contributed by atoms with Gasteiger partial charge in [-0.3, -0.25) is 9.69 Å². The van der Waals surface area contributed by atoms with Crippen LogP contribution in [0.15, 0.2) is 12.1 Å². The Bertz CT molecular complexity index is 661. The van der Waals surface area contributed by atoms with E-state index in [0.29, 0.717) is 24.4 Å². The fraction of sp³-hybridized carbons (Fsp3) is 0.682. The summed E-state index contributed by atoms with van der Waals surface area (Å²) in [7, 11) is 3.38. The zero-order valence-corrected chi connectivity index (χ0v) is 17.3. The number of unbranched alkanes of at least 4 members (excludes halogenated alkanes) is 1. The molecule has 1 saturated heterocycles. The smallest absolute Gasteiger partial charge is 0.222 e. The molecule has 5 nitrogen and oxygen atoms in total. The van der Waals surface area contributed by atoms with E-state index in [4.69, 9.17) is 9.47 Å². The molecule has 0 aromatic heterocycles. The molecule has 2 heterocycles. The van der Waals surface area contributed by atoms with E-state index < -0.39 is 0 Å². The van der Waals surface area contributed by atoms with Gasteiger partial charge in [-0.1, -0.05) is 13.3 Å². The van der Waals surface area contributed by atoms with Crippen molar-refractivity contribution in [2.24, 2.45) is 0 Å². The normalized spacial score (nSPS) is 23.0. The van der Waals surface area contributed by atoms with Crippen LogP contribution in [0.5, 0.6) is 11.5 Å². The summed E-state index contributed by atoms with van der Waals surface area (Å²) < 4.78 is 11.0. The molecule has 2 atom stereocenters. The summed E-state index contributed by atoms with van der Waals surface area (Å²) in [4.78, 5) is 17.2. The zero-order valence-electron chi connectivity index (χ0n) is 17.3. The highest BCUT2D eigenvalue weighted by Crippen LogP contribution is 2.39. The van der Waals surface area contributed by atoms with Crippen molar-refractivity contribution in [3.63, 3.8) is 0 Å². The lowest BCUT2D eigenvalue weighted by atomic mass is 9.90. The molecule has 1 aromatic carbocycles. The lowest BCUT2D eigenvalue weighted by molar-refractivity contribution is -0.133. The summed E-state index contributed by atoms with van der Waals surface area (Å²) in [6, 6.07) is 5.03. The standard InChI is InChI=1S/C22H34N2O3/c1-5-6-9-22(25)23-11-7-8-18(15-23)24-12-10-17-13-20(26-3)21(27-4)14-19(17)16(24)2/h13-14,16,18H,5-12,15H2,1-4H3/t16-,18-/m0/s1. The number of carbonyl (C=O) groups is 1. The molecule has 2 aliphatic rings. The van der Waals surface area contributed by atoms with Gasteiger partial charge in [-0.05, 0) is 55.9 Å². The number of nitrogens with zero attached hydrogens (tertiary/aromatic N) is 2. The number of hydrogen-bond acceptors (Lipinski definition) is 4. The van der Waals surface area contributed by atoms with Gasteiger partial charge in [0.15, 0.2) is 11.5 Å². The predicted molar refractivity (Wildman–Crippen MR) is 107 cm³/mol. The van der Waals surface area contributed by atoms with Crippen LogP contribution in [-0.4, -0.2) is 55.6 Å². The van der Waals surface area contributed by atoms with Crippen LogP contribution in [0.1, 0.15) is 63.1 Å². The van der Waals surface area contributed by atoms with Crippen molar-refractivity contribution in [3.8, 4) is 11.5 Å². The third kappa shape index (κ3) is 4.23. The molecule has 1 aromatic rings. The van der Waals surface area contributed by atoms with Gasteiger partial charge < -0.3 is 14.4 Å². The summed E-state index contributed by atoms with van der Waals surface area (Å²) in [5.74, 6) is 1.94. The molecule has 0 radical (unpaired) electrons. The van der Waals surface area contributed by atoms with E-state index in [1.165, 1.54) is 17.5 Å². The Balaban J connectivity index is 1.74. The molecule has 5 heteroatoms. The number of ether oxygens (including phenoxy) is 2. The second-order valence-corrected chi connectivity index (χ2v) is 7.81. The Morgan fingerprint density at radius 2 is 1.93 bits per heavy atom. The number of amides is 1. The molecule has 1 amide bonds. The molecular weight excluding hydrogens is 340 g/mol. The first-order valence-corrected chi connectivity index (χ1v) is 10.4. The number of hydrogen-bond donors (Lipinski definition) is 0. The molecule has 1 fully saturated rings. The van der Waals surface area contributed by atoms with Crippen molar-refractivity contribution < 1.29 is 14.3 Å². The Hall–Kier alpha value is -1.75. The molecule has 0 unspecified atom stereocenters. The van der Waals surface area contributed by atoms with Crippen LogP contribution in [0.25, 0.3) is 0 Å². The topological polar surface area (TPSA) is 42.0 Å². The average molecular weight is 375 g/mol. The van der Waals surface area contributed by atoms with Crippen LogP contribution < -0.4 is 9.47 Å². The first-order valence-electron chi connectivity index (χ1n) is 10.4. The van der Waals surface area contributed by atoms with E-state index in [-0.39, 0.29) is 0 Å². The summed E-state index contributed by atoms with van der Waals surface area (Å²) in [5.41, 5.74) is 2.68. The van der Waals surface area contributed by atoms with Gasteiger partial charge in [0, 0.05) is 38.1 Å². The largest absolute Gasteiger partial charge is 0.493 e. The third-order valence-electron chi connectivity index (χ3n) is 6.19. The number of methoxy groups -OCH3 is 2. The van der Waals surface area contributed by atoms with Crippen LogP contribution in [-0.2, 0) is 11.2 Å². The monoisotopic (exact) mass is 374 g/mol. The lowest BCUT2D eigenvalue weighted by Gasteiger charge is -2.45. The van der Waals surface area contributed by atoms with Crippen molar-refractivity contribution in [2.45, 2.75) is 64.5 Å². The molecule has 27 heavy (non-hydrogen) atoms. The van der Waals surface area contributed by atoms with Crippen molar-refractivity contribution >= 4 is 5.91 Å². The molecular formula is C22H34N2O3. The van der Waals surface area contributed by atoms with Crippen molar-refractivity contribution in [2.75, 3.05) is 33.9 Å². The molecule has 0 spiro atoms. The van der Waals surface area contributed by atoms with Gasteiger partial charge in [-0.25, -0.2) is 0 Å². The van der Waals surface area contributed by atoms with Gasteiger partial charge in [-0.2, -0.15) is 0 Å². The van der Waals surface area contributed by atoms with Gasteiger partial charge in [0.2, 0.25) is 5.91 Å². The van der Waals surface area contributed by atoms with Crippen LogP contribution in [0.2, 0.25) is 0 Å². The van der Waals surface area contributed by atoms with Gasteiger partial charge in [0.25, 0.3) is 0 Å². The maximum absolute atomic E-state index is 12.5. The first-order chi connectivity index (χ1) is 13.1. The Kier molecular flexibility index (Phi) is 6.64. The third-order valence-corrected chi connectivity index (χ3v) is 6.19. The Labute approximate surface area is 163 Å². The van der Waals surface area contributed by atoms with E-state index >= 15 is 0 Å². The Morgan fingerprint density at radius 1 is 1.19 bits per heavy atom. The number of piperidine rings is 1. The SMILES string of the molecule is CCCCC(=O)N1CCC[C@H](N2CCc3cc(OC)c(OC)cc3[C@@H]2C)C1. The highest BCUT2D eigenvalue weighted by atomic mass is 16.5. The summed E-state index contributed by atoms with van der Waals surface area (Å²) >= 11 is 0. The number of fused-ring (bicyclic) bond motifs is 1. The van der Waals surface area contributed by atoms with E-state index in [1.807, 2.05) is 0 Å². The van der Waals surface area contributed by atoms with Gasteiger partial charge in [-0.15, -0.1) is 0 Å². The van der Waals surface area contributed by atoms with E-state index in [9.17, 15) is 4.79 Å². The van der Waals surface area contributed by atoms with Crippen molar-refractivity contribution in [1.29, 1.82) is 0 Å². The number of likely N-dealkylation sites (tertiary alicyclic amines) is 1. The van der Waals surface area contributed by atoms with Crippen LogP contribution >= 0.6 is 0 Å². The van der Waals surface area contributed by atoms with Crippen LogP contribution in [0, 0.1) is 0 Å². The zero-order chi connectivity index (χ0) is 19.4. The second kappa shape index (κ2) is 8.96. The molecule has 0 aliphatic carbocycles. The summed E-state index contributed by atoms with van der Waals surface area (Å²) in [6.07, 6.45) is 6.05. The van der Waals surface area contributed by atoms with E-state index in [2.05, 4.69) is 35.8 Å². The summed E-state index contributed by atoms with van der Waals surface area (Å²) in [5, 5.41) is 0. The fourth-order valence-corrected chi connectivity index (χ4v) is 4.60. The Morgan fingerprint density at radius 3 is 2.63 bits per heavy atom. The summed E-state index contributed by atoms with van der Waals surface area (Å²) in [6.45, 7) is 7.24. The maximum atomic E-state index is 12.5. The molecule has 0 bridgehead atoms. The number of benzene rings is 1. The quantitative estimate of drug-likeness (QED) is 0.759. The minimum atomic E-state index is 0.323. The highest BCUT2D eigenvalue weighted by molar-refractivity contribution is 5.76. The van der Waals surface area contributed by atoms with Crippen LogP contribution in [0.3, 0.4) is 0 Å². The lowest BCUT2D eigenvalue weighted by Crippen LogP contribution is -2.52. The fourth-order valence-electron chi connectivity index (χ4n) is 4.60. The van der Waals surface area contributed by atoms with Gasteiger partial charge >= 0.3 is 0 Å². The second-order valence-electron chi connectivity index (χ2n) is 7.81. The molecule has 3 rings (SSSR count). The van der Waals surface area contributed by atoms with Crippen LogP contribution in [0.4, 0.5) is 0 Å². The average Bonchev–Trinajstić information content (AvgIpc) is 2.71. The minimum absolute atomic E-state index is 0.323. The molecule has 0 N–H and O–H groups in total. The van der Waals surface area contributed by atoms with Crippen molar-refractivity contribution in [1.82, 2.24) is 9.80 Å². The first kappa shape index (κ1) is 20.0. The predicted octanol–water partition coefficient (Wildman–Crippen LogP) is 3.80. The van der Waals surface area contributed by atoms with Gasteiger partial charge in [0.05, 0.1) is 14.2 Å². The maximum Gasteiger partial charge on any atom is 0.222 e. The molecule has 2 aliphatic heterocycles. The molecule has 150 valence electrons. The van der Waals surface area contributed by atoms with Crippen molar-refractivity contribution in [3.05, 3.63) is 23.3 Å². The number of carbonyl (C=O) groups excluding carboxylic acids is 1. The van der Waals surface area contributed by atoms with Gasteiger partial charge in [0.1, 0.15) is 0 Å². The highest BCUT2D eigenvalue weighted by Gasteiger charge is 2.34. The van der Waals surface area contributed by atoms with E-state index in [1.54, 1.807) is 14.2 Å². The van der Waals surface area contributed by atoms with E-state index in [0.717, 1.165) is 56.8 Å². The molecule has 0 saturated carbocycles. The number of rotatable bonds is 6.